The fourth-order valence-corrected chi connectivity index (χ4v) is 3.71. The Kier molecular flexibility index (Phi) is 3.71. The van der Waals surface area contributed by atoms with Gasteiger partial charge in [-0.1, -0.05) is 13.0 Å². The highest BCUT2D eigenvalue weighted by Gasteiger charge is 2.42. The quantitative estimate of drug-likeness (QED) is 0.892. The van der Waals surface area contributed by atoms with E-state index < -0.39 is 0 Å². The van der Waals surface area contributed by atoms with Gasteiger partial charge in [0.25, 0.3) is 0 Å². The number of ether oxygens (including phenoxy) is 1. The van der Waals surface area contributed by atoms with E-state index in [1.165, 1.54) is 31.6 Å². The van der Waals surface area contributed by atoms with Crippen molar-refractivity contribution in [2.45, 2.75) is 25.9 Å². The van der Waals surface area contributed by atoms with Crippen LogP contribution in [0.2, 0.25) is 0 Å². The molecule has 3 atom stereocenters. The molecule has 0 bridgehead atoms. The predicted molar refractivity (Wildman–Crippen MR) is 75.1 cm³/mol. The van der Waals surface area contributed by atoms with Crippen LogP contribution in [0.3, 0.4) is 0 Å². The first kappa shape index (κ1) is 12.9. The summed E-state index contributed by atoms with van der Waals surface area (Å²) in [6, 6.07) is 4.81. The summed E-state index contributed by atoms with van der Waals surface area (Å²) in [4.78, 5) is 6.94. The molecule has 1 aromatic heterocycles. The third-order valence-corrected chi connectivity index (χ3v) is 4.64. The first-order chi connectivity index (χ1) is 9.31. The molecule has 104 valence electrons. The molecule has 2 fully saturated rings. The van der Waals surface area contributed by atoms with Gasteiger partial charge in [-0.3, -0.25) is 4.90 Å². The number of rotatable bonds is 4. The Hall–Kier alpha value is -1.13. The van der Waals surface area contributed by atoms with Gasteiger partial charge in [0.1, 0.15) is 0 Å². The number of aromatic nitrogens is 1. The Balaban J connectivity index is 1.68. The maximum absolute atomic E-state index is 5.11. The van der Waals surface area contributed by atoms with Crippen LogP contribution < -0.4 is 10.1 Å². The van der Waals surface area contributed by atoms with E-state index in [1.807, 2.05) is 12.3 Å². The van der Waals surface area contributed by atoms with Crippen LogP contribution in [0, 0.1) is 11.8 Å². The molecule has 3 rings (SSSR count). The van der Waals surface area contributed by atoms with Gasteiger partial charge in [0.2, 0.25) is 5.88 Å². The van der Waals surface area contributed by atoms with Crippen LogP contribution in [-0.4, -0.2) is 42.7 Å². The third-order valence-electron chi connectivity index (χ3n) is 4.64. The number of nitrogens with zero attached hydrogens (tertiary/aromatic N) is 2. The molecule has 4 nitrogen and oxygen atoms in total. The SMILES string of the molecule is CCC1C2CNCC2CN1Cc1ccc(OC)nc1. The Morgan fingerprint density at radius 3 is 3.00 bits per heavy atom. The van der Waals surface area contributed by atoms with Gasteiger partial charge in [0, 0.05) is 31.4 Å². The van der Waals surface area contributed by atoms with Gasteiger partial charge in [-0.05, 0) is 36.9 Å². The lowest BCUT2D eigenvalue weighted by Gasteiger charge is -2.26. The normalized spacial score (nSPS) is 30.5. The van der Waals surface area contributed by atoms with Gasteiger partial charge in [0.05, 0.1) is 7.11 Å². The number of hydrogen-bond acceptors (Lipinski definition) is 4. The number of methoxy groups -OCH3 is 1. The zero-order valence-electron chi connectivity index (χ0n) is 11.8. The second-order valence-corrected chi connectivity index (χ2v) is 5.70. The van der Waals surface area contributed by atoms with Crippen LogP contribution in [0.25, 0.3) is 0 Å². The third kappa shape index (κ3) is 2.47. The molecule has 0 saturated carbocycles. The number of nitrogens with one attached hydrogen (secondary N) is 1. The van der Waals surface area contributed by atoms with Crippen LogP contribution >= 0.6 is 0 Å². The van der Waals surface area contributed by atoms with Gasteiger partial charge in [-0.2, -0.15) is 0 Å². The van der Waals surface area contributed by atoms with Gasteiger partial charge in [0.15, 0.2) is 0 Å². The first-order valence-electron chi connectivity index (χ1n) is 7.25. The van der Waals surface area contributed by atoms with Crippen LogP contribution in [0.5, 0.6) is 5.88 Å². The second kappa shape index (κ2) is 5.47. The maximum Gasteiger partial charge on any atom is 0.212 e. The minimum Gasteiger partial charge on any atom is -0.481 e. The summed E-state index contributed by atoms with van der Waals surface area (Å²) in [5, 5.41) is 3.53. The molecule has 0 radical (unpaired) electrons. The molecule has 0 aromatic carbocycles. The highest BCUT2D eigenvalue weighted by molar-refractivity contribution is 5.18. The molecule has 2 saturated heterocycles. The van der Waals surface area contributed by atoms with E-state index in [-0.39, 0.29) is 0 Å². The predicted octanol–water partition coefficient (Wildman–Crippen LogP) is 1.52. The molecule has 0 aliphatic carbocycles. The topological polar surface area (TPSA) is 37.4 Å². The summed E-state index contributed by atoms with van der Waals surface area (Å²) in [5.74, 6) is 2.38. The molecular weight excluding hydrogens is 238 g/mol. The highest BCUT2D eigenvalue weighted by atomic mass is 16.5. The Labute approximate surface area is 115 Å². The Bertz CT molecular complexity index is 420. The molecule has 0 spiro atoms. The van der Waals surface area contributed by atoms with Crippen LogP contribution in [0.1, 0.15) is 18.9 Å². The summed E-state index contributed by atoms with van der Waals surface area (Å²) < 4.78 is 5.11. The summed E-state index contributed by atoms with van der Waals surface area (Å²) in [7, 11) is 1.66. The van der Waals surface area contributed by atoms with Crippen molar-refractivity contribution < 1.29 is 4.74 Å². The summed E-state index contributed by atoms with van der Waals surface area (Å²) in [5.41, 5.74) is 1.28. The summed E-state index contributed by atoms with van der Waals surface area (Å²) >= 11 is 0. The maximum atomic E-state index is 5.11. The molecule has 1 N–H and O–H groups in total. The Morgan fingerprint density at radius 2 is 2.32 bits per heavy atom. The van der Waals surface area contributed by atoms with Crippen molar-refractivity contribution in [3.05, 3.63) is 23.9 Å². The molecular formula is C15H23N3O. The van der Waals surface area contributed by atoms with Crippen molar-refractivity contribution in [1.29, 1.82) is 0 Å². The summed E-state index contributed by atoms with van der Waals surface area (Å²) in [6.45, 7) is 6.94. The average Bonchev–Trinajstić information content (AvgIpc) is 3.00. The highest BCUT2D eigenvalue weighted by Crippen LogP contribution is 2.35. The molecule has 4 heteroatoms. The number of fused-ring (bicyclic) bond motifs is 1. The van der Waals surface area contributed by atoms with Gasteiger partial charge in [-0.25, -0.2) is 4.98 Å². The minimum absolute atomic E-state index is 0.693. The van der Waals surface area contributed by atoms with Crippen LogP contribution in [-0.2, 0) is 6.54 Å². The Morgan fingerprint density at radius 1 is 1.42 bits per heavy atom. The van der Waals surface area contributed by atoms with Crippen molar-refractivity contribution in [3.8, 4) is 5.88 Å². The van der Waals surface area contributed by atoms with Gasteiger partial charge >= 0.3 is 0 Å². The number of hydrogen-bond donors (Lipinski definition) is 1. The van der Waals surface area contributed by atoms with Crippen molar-refractivity contribution in [3.63, 3.8) is 0 Å². The summed E-state index contributed by atoms with van der Waals surface area (Å²) in [6.07, 6.45) is 3.18. The van der Waals surface area contributed by atoms with Gasteiger partial charge < -0.3 is 10.1 Å². The largest absolute Gasteiger partial charge is 0.481 e. The van der Waals surface area contributed by atoms with Crippen LogP contribution in [0.15, 0.2) is 18.3 Å². The number of likely N-dealkylation sites (tertiary alicyclic amines) is 1. The molecule has 2 aliphatic rings. The molecule has 2 aliphatic heterocycles. The monoisotopic (exact) mass is 261 g/mol. The van der Waals surface area contributed by atoms with E-state index in [1.54, 1.807) is 7.11 Å². The fourth-order valence-electron chi connectivity index (χ4n) is 3.71. The molecule has 19 heavy (non-hydrogen) atoms. The van der Waals surface area contributed by atoms with Crippen molar-refractivity contribution in [1.82, 2.24) is 15.2 Å². The molecule has 3 unspecified atom stereocenters. The van der Waals surface area contributed by atoms with E-state index >= 15 is 0 Å². The zero-order valence-corrected chi connectivity index (χ0v) is 11.8. The van der Waals surface area contributed by atoms with Gasteiger partial charge in [-0.15, -0.1) is 0 Å². The van der Waals surface area contributed by atoms with E-state index in [9.17, 15) is 0 Å². The zero-order chi connectivity index (χ0) is 13.2. The van der Waals surface area contributed by atoms with Crippen molar-refractivity contribution in [2.24, 2.45) is 11.8 Å². The lowest BCUT2D eigenvalue weighted by atomic mass is 9.93. The smallest absolute Gasteiger partial charge is 0.212 e. The van der Waals surface area contributed by atoms with E-state index in [0.29, 0.717) is 5.88 Å². The molecule has 3 heterocycles. The van der Waals surface area contributed by atoms with E-state index in [4.69, 9.17) is 4.74 Å². The van der Waals surface area contributed by atoms with E-state index in [0.717, 1.165) is 24.4 Å². The lowest BCUT2D eigenvalue weighted by Crippen LogP contribution is -2.34. The standard InChI is InChI=1S/C15H23N3O/c1-3-14-13-8-16-7-12(13)10-18(14)9-11-4-5-15(19-2)17-6-11/h4-6,12-14,16H,3,7-10H2,1-2H3. The second-order valence-electron chi connectivity index (χ2n) is 5.70. The van der Waals surface area contributed by atoms with Crippen molar-refractivity contribution in [2.75, 3.05) is 26.7 Å². The van der Waals surface area contributed by atoms with Crippen molar-refractivity contribution >= 4 is 0 Å². The van der Waals surface area contributed by atoms with Crippen LogP contribution in [0.4, 0.5) is 0 Å². The average molecular weight is 261 g/mol. The minimum atomic E-state index is 0.693. The fraction of sp³-hybridized carbons (Fsp3) is 0.667. The lowest BCUT2D eigenvalue weighted by molar-refractivity contribution is 0.210. The molecule has 1 aromatic rings. The van der Waals surface area contributed by atoms with E-state index in [2.05, 4.69) is 28.2 Å². The first-order valence-corrected chi connectivity index (χ1v) is 7.25. The molecule has 0 amide bonds. The number of pyridine rings is 1.